The van der Waals surface area contributed by atoms with Gasteiger partial charge in [-0.15, -0.1) is 0 Å². The molecule has 0 amide bonds. The van der Waals surface area contributed by atoms with Crippen LogP contribution in [0.4, 0.5) is 5.82 Å². The molecule has 146 valence electrons. The third kappa shape index (κ3) is 4.21. The van der Waals surface area contributed by atoms with Crippen molar-refractivity contribution in [2.24, 2.45) is 0 Å². The largest absolute Gasteiger partial charge is 0.468 e. The number of nitrogens with zero attached hydrogens (tertiary/aromatic N) is 3. The zero-order chi connectivity index (χ0) is 19.6. The van der Waals surface area contributed by atoms with Crippen molar-refractivity contribution in [3.8, 4) is 6.07 Å². The Hall–Kier alpha value is -1.82. The first kappa shape index (κ1) is 19.9. The van der Waals surface area contributed by atoms with Gasteiger partial charge in [0.25, 0.3) is 0 Å². The van der Waals surface area contributed by atoms with Gasteiger partial charge in [-0.3, -0.25) is 4.79 Å². The highest BCUT2D eigenvalue weighted by Crippen LogP contribution is 2.39. The smallest absolute Gasteiger partial charge is 0.318 e. The second-order valence-corrected chi connectivity index (χ2v) is 8.62. The van der Waals surface area contributed by atoms with Crippen LogP contribution in [0.5, 0.6) is 0 Å². The summed E-state index contributed by atoms with van der Waals surface area (Å²) in [5.41, 5.74) is 2.14. The second-order valence-electron chi connectivity index (χ2n) is 7.29. The van der Waals surface area contributed by atoms with Crippen LogP contribution in [0.2, 0.25) is 0 Å². The van der Waals surface area contributed by atoms with Crippen LogP contribution in [-0.2, 0) is 32.0 Å². The third-order valence-electron chi connectivity index (χ3n) is 4.81. The maximum absolute atomic E-state index is 11.9. The van der Waals surface area contributed by atoms with Gasteiger partial charge in [-0.2, -0.15) is 5.26 Å². The van der Waals surface area contributed by atoms with Crippen LogP contribution in [-0.4, -0.2) is 55.2 Å². The van der Waals surface area contributed by atoms with Crippen molar-refractivity contribution in [1.82, 2.24) is 4.98 Å². The van der Waals surface area contributed by atoms with Crippen molar-refractivity contribution < 1.29 is 19.0 Å². The molecule has 3 heterocycles. The number of morpholine rings is 1. The molecule has 1 atom stereocenters. The molecule has 7 nitrogen and oxygen atoms in total. The summed E-state index contributed by atoms with van der Waals surface area (Å²) in [7, 11) is 1.36. The highest BCUT2D eigenvalue weighted by Gasteiger charge is 2.34. The molecular weight excluding hydrogens is 366 g/mol. The predicted octanol–water partition coefficient (Wildman–Crippen LogP) is 2.29. The lowest BCUT2D eigenvalue weighted by atomic mass is 9.89. The Morgan fingerprint density at radius 2 is 2.07 bits per heavy atom. The molecule has 0 aliphatic carbocycles. The van der Waals surface area contributed by atoms with Crippen LogP contribution < -0.4 is 4.90 Å². The first-order chi connectivity index (χ1) is 12.9. The number of hydrogen-bond donors (Lipinski definition) is 0. The number of aromatic nitrogens is 1. The fraction of sp³-hybridized carbons (Fsp3) is 0.632. The maximum Gasteiger partial charge on any atom is 0.318 e. The number of hydrogen-bond acceptors (Lipinski definition) is 8. The topological polar surface area (TPSA) is 84.7 Å². The van der Waals surface area contributed by atoms with E-state index in [1.54, 1.807) is 6.92 Å². The van der Waals surface area contributed by atoms with Gasteiger partial charge < -0.3 is 19.1 Å². The molecule has 1 saturated heterocycles. The first-order valence-corrected chi connectivity index (χ1v) is 9.91. The molecule has 0 N–H and O–H groups in total. The summed E-state index contributed by atoms with van der Waals surface area (Å²) >= 11 is 1.27. The number of esters is 1. The lowest BCUT2D eigenvalue weighted by Crippen LogP contribution is -2.40. The normalized spacial score (nSPS) is 19.7. The molecule has 0 unspecified atom stereocenters. The number of ether oxygens (including phenoxy) is 3. The fourth-order valence-corrected chi connectivity index (χ4v) is 4.30. The molecule has 0 radical (unpaired) electrons. The minimum Gasteiger partial charge on any atom is -0.468 e. The summed E-state index contributed by atoms with van der Waals surface area (Å²) in [6.45, 7) is 9.00. The van der Waals surface area contributed by atoms with Crippen LogP contribution in [0.25, 0.3) is 0 Å². The SMILES string of the molecule is COC(=O)[C@H](C)Sc1nc(N2CCOCC2)c2c(c1C#N)CC(C)(C)OC2. The third-order valence-corrected chi connectivity index (χ3v) is 5.88. The molecule has 0 spiro atoms. The van der Waals surface area contributed by atoms with E-state index < -0.39 is 5.25 Å². The number of carbonyl (C=O) groups excluding carboxylic acids is 1. The molecule has 0 saturated carbocycles. The highest BCUT2D eigenvalue weighted by atomic mass is 32.2. The van der Waals surface area contributed by atoms with E-state index in [2.05, 4.69) is 11.0 Å². The highest BCUT2D eigenvalue weighted by molar-refractivity contribution is 8.00. The van der Waals surface area contributed by atoms with E-state index in [1.807, 2.05) is 13.8 Å². The number of anilines is 1. The zero-order valence-corrected chi connectivity index (χ0v) is 17.0. The first-order valence-electron chi connectivity index (χ1n) is 9.03. The number of pyridine rings is 1. The van der Waals surface area contributed by atoms with Crippen LogP contribution in [0, 0.1) is 11.3 Å². The van der Waals surface area contributed by atoms with Gasteiger partial charge in [-0.05, 0) is 26.3 Å². The van der Waals surface area contributed by atoms with Gasteiger partial charge in [-0.25, -0.2) is 4.98 Å². The zero-order valence-electron chi connectivity index (χ0n) is 16.2. The molecule has 8 heteroatoms. The molecule has 1 fully saturated rings. The predicted molar refractivity (Wildman–Crippen MR) is 102 cm³/mol. The number of fused-ring (bicyclic) bond motifs is 1. The van der Waals surface area contributed by atoms with Crippen molar-refractivity contribution >= 4 is 23.5 Å². The summed E-state index contributed by atoms with van der Waals surface area (Å²) < 4.78 is 16.3. The molecule has 3 rings (SSSR count). The van der Waals surface area contributed by atoms with E-state index in [0.717, 1.165) is 30.0 Å². The van der Waals surface area contributed by atoms with Gasteiger partial charge in [0.1, 0.15) is 22.2 Å². The van der Waals surface area contributed by atoms with Gasteiger partial charge in [0, 0.05) is 25.1 Å². The maximum atomic E-state index is 11.9. The van der Waals surface area contributed by atoms with E-state index in [9.17, 15) is 10.1 Å². The van der Waals surface area contributed by atoms with Gasteiger partial charge in [0.05, 0.1) is 38.1 Å². The Morgan fingerprint density at radius 1 is 1.37 bits per heavy atom. The molecule has 2 aliphatic rings. The number of nitriles is 1. The van der Waals surface area contributed by atoms with Gasteiger partial charge >= 0.3 is 5.97 Å². The number of methoxy groups -OCH3 is 1. The van der Waals surface area contributed by atoms with E-state index in [4.69, 9.17) is 19.2 Å². The van der Waals surface area contributed by atoms with Crippen LogP contribution in [0.1, 0.15) is 37.5 Å². The monoisotopic (exact) mass is 391 g/mol. The molecule has 0 bridgehead atoms. The average Bonchev–Trinajstić information content (AvgIpc) is 2.66. The molecule has 2 aliphatic heterocycles. The van der Waals surface area contributed by atoms with Crippen molar-refractivity contribution in [3.05, 3.63) is 16.7 Å². The van der Waals surface area contributed by atoms with E-state index in [1.165, 1.54) is 18.9 Å². The van der Waals surface area contributed by atoms with Gasteiger partial charge in [-0.1, -0.05) is 11.8 Å². The standard InChI is InChI=1S/C19H25N3O4S/c1-12(18(23)24-4)27-17-14(10-20)13-9-19(2,3)26-11-15(13)16(21-17)22-5-7-25-8-6-22/h12H,5-9,11H2,1-4H3/t12-/m0/s1. The van der Waals surface area contributed by atoms with Crippen LogP contribution in [0.3, 0.4) is 0 Å². The quantitative estimate of drug-likeness (QED) is 0.571. The summed E-state index contributed by atoms with van der Waals surface area (Å²) in [5.74, 6) is 0.502. The Morgan fingerprint density at radius 3 is 2.70 bits per heavy atom. The lowest BCUT2D eigenvalue weighted by Gasteiger charge is -2.37. The number of carbonyl (C=O) groups is 1. The van der Waals surface area contributed by atoms with E-state index in [0.29, 0.717) is 36.8 Å². The fourth-order valence-electron chi connectivity index (χ4n) is 3.34. The van der Waals surface area contributed by atoms with Crippen LogP contribution in [0.15, 0.2) is 5.03 Å². The summed E-state index contributed by atoms with van der Waals surface area (Å²) in [5, 5.41) is 9.99. The molecule has 1 aromatic heterocycles. The van der Waals surface area contributed by atoms with Gasteiger partial charge in [0.2, 0.25) is 0 Å². The van der Waals surface area contributed by atoms with Crippen molar-refractivity contribution in [1.29, 1.82) is 5.26 Å². The molecule has 27 heavy (non-hydrogen) atoms. The van der Waals surface area contributed by atoms with Gasteiger partial charge in [0.15, 0.2) is 0 Å². The Labute approximate surface area is 164 Å². The van der Waals surface area contributed by atoms with Crippen molar-refractivity contribution in [3.63, 3.8) is 0 Å². The second kappa shape index (κ2) is 8.05. The van der Waals surface area contributed by atoms with Crippen molar-refractivity contribution in [2.75, 3.05) is 38.3 Å². The number of thioether (sulfide) groups is 1. The number of rotatable bonds is 4. The molecular formula is C19H25N3O4S. The summed E-state index contributed by atoms with van der Waals surface area (Å²) in [6.07, 6.45) is 0.630. The van der Waals surface area contributed by atoms with E-state index in [-0.39, 0.29) is 11.6 Å². The summed E-state index contributed by atoms with van der Waals surface area (Å²) in [6, 6.07) is 2.32. The minimum atomic E-state index is -0.446. The minimum absolute atomic E-state index is 0.333. The van der Waals surface area contributed by atoms with Crippen molar-refractivity contribution in [2.45, 2.75) is 49.7 Å². The molecule has 1 aromatic rings. The Kier molecular flexibility index (Phi) is 5.94. The Bertz CT molecular complexity index is 769. The van der Waals surface area contributed by atoms with E-state index >= 15 is 0 Å². The molecule has 0 aromatic carbocycles. The average molecular weight is 391 g/mol. The van der Waals surface area contributed by atoms with Crippen LogP contribution >= 0.6 is 11.8 Å². The lowest BCUT2D eigenvalue weighted by molar-refractivity contribution is -0.139. The summed E-state index contributed by atoms with van der Waals surface area (Å²) in [4.78, 5) is 18.9. The Balaban J connectivity index is 2.09.